The molecule has 1 aliphatic rings. The molecule has 0 aliphatic carbocycles. The normalized spacial score (nSPS) is 27.0. The van der Waals surface area contributed by atoms with E-state index in [-0.39, 0.29) is 6.04 Å². The van der Waals surface area contributed by atoms with E-state index in [9.17, 15) is 5.11 Å². The van der Waals surface area contributed by atoms with Gasteiger partial charge in [-0.1, -0.05) is 12.8 Å². The van der Waals surface area contributed by atoms with Gasteiger partial charge in [0.25, 0.3) is 0 Å². The van der Waals surface area contributed by atoms with Gasteiger partial charge in [-0.3, -0.25) is 0 Å². The summed E-state index contributed by atoms with van der Waals surface area (Å²) < 4.78 is 5.30. The maximum Gasteiger partial charge on any atom is 0.0976 e. The van der Waals surface area contributed by atoms with Crippen molar-refractivity contribution in [1.82, 2.24) is 5.32 Å². The third-order valence-electron chi connectivity index (χ3n) is 3.22. The van der Waals surface area contributed by atoms with E-state index in [1.54, 1.807) is 7.11 Å². The zero-order valence-corrected chi connectivity index (χ0v) is 9.55. The average Bonchev–Trinajstić information content (AvgIpc) is 2.44. The Hall–Kier alpha value is -0.120. The van der Waals surface area contributed by atoms with Crippen molar-refractivity contribution >= 4 is 0 Å². The molecule has 0 radical (unpaired) electrons. The Labute approximate surface area is 86.8 Å². The highest BCUT2D eigenvalue weighted by Crippen LogP contribution is 2.21. The second kappa shape index (κ2) is 5.10. The number of aliphatic hydroxyl groups excluding tert-OH is 1. The van der Waals surface area contributed by atoms with Gasteiger partial charge in [-0.15, -0.1) is 0 Å². The molecular formula is C11H23NO2. The van der Waals surface area contributed by atoms with E-state index in [2.05, 4.69) is 5.32 Å². The smallest absolute Gasteiger partial charge is 0.0976 e. The number of nitrogens with one attached hydrogen (secondary N) is 1. The molecule has 1 heterocycles. The number of methoxy groups -OCH3 is 1. The first-order valence-electron chi connectivity index (χ1n) is 5.54. The maximum absolute atomic E-state index is 10.1. The SMILES string of the molecule is COC(C)(C)C(O)C1CCCCCN1. The van der Waals surface area contributed by atoms with Crippen LogP contribution < -0.4 is 5.32 Å². The van der Waals surface area contributed by atoms with Crippen LogP contribution in [0.1, 0.15) is 39.5 Å². The van der Waals surface area contributed by atoms with E-state index in [0.717, 1.165) is 13.0 Å². The molecule has 0 spiro atoms. The summed E-state index contributed by atoms with van der Waals surface area (Å²) in [5, 5.41) is 13.5. The standard InChI is InChI=1S/C11H23NO2/c1-11(2,14-3)10(13)9-7-5-4-6-8-12-9/h9-10,12-13H,4-8H2,1-3H3. The van der Waals surface area contributed by atoms with Crippen molar-refractivity contribution in [3.05, 3.63) is 0 Å². The van der Waals surface area contributed by atoms with Crippen molar-refractivity contribution in [2.75, 3.05) is 13.7 Å². The van der Waals surface area contributed by atoms with Gasteiger partial charge in [-0.25, -0.2) is 0 Å². The molecule has 1 fully saturated rings. The monoisotopic (exact) mass is 201 g/mol. The van der Waals surface area contributed by atoms with Gasteiger partial charge >= 0.3 is 0 Å². The van der Waals surface area contributed by atoms with E-state index in [4.69, 9.17) is 4.74 Å². The Kier molecular flexibility index (Phi) is 4.35. The van der Waals surface area contributed by atoms with Gasteiger partial charge in [0.15, 0.2) is 0 Å². The molecule has 2 unspecified atom stereocenters. The second-order valence-electron chi connectivity index (χ2n) is 4.66. The van der Waals surface area contributed by atoms with Crippen LogP contribution in [0, 0.1) is 0 Å². The van der Waals surface area contributed by atoms with Crippen LogP contribution in [0.15, 0.2) is 0 Å². The van der Waals surface area contributed by atoms with Gasteiger partial charge < -0.3 is 15.2 Å². The Morgan fingerprint density at radius 3 is 2.71 bits per heavy atom. The number of hydrogen-bond donors (Lipinski definition) is 2. The number of rotatable bonds is 3. The lowest BCUT2D eigenvalue weighted by molar-refractivity contribution is -0.0918. The topological polar surface area (TPSA) is 41.5 Å². The summed E-state index contributed by atoms with van der Waals surface area (Å²) in [5.41, 5.74) is -0.456. The molecular weight excluding hydrogens is 178 g/mol. The summed E-state index contributed by atoms with van der Waals surface area (Å²) in [6, 6.07) is 0.187. The van der Waals surface area contributed by atoms with Crippen LogP contribution in [-0.2, 0) is 4.74 Å². The molecule has 0 aromatic heterocycles. The molecule has 0 bridgehead atoms. The van der Waals surface area contributed by atoms with Crippen LogP contribution in [0.25, 0.3) is 0 Å². The Balaban J connectivity index is 2.53. The fourth-order valence-corrected chi connectivity index (χ4v) is 1.93. The van der Waals surface area contributed by atoms with E-state index >= 15 is 0 Å². The van der Waals surface area contributed by atoms with E-state index in [1.807, 2.05) is 13.8 Å². The van der Waals surface area contributed by atoms with Gasteiger partial charge in [0.05, 0.1) is 11.7 Å². The first kappa shape index (κ1) is 12.0. The molecule has 2 atom stereocenters. The van der Waals surface area contributed by atoms with Gasteiger partial charge in [0.1, 0.15) is 0 Å². The van der Waals surface area contributed by atoms with Crippen molar-refractivity contribution in [2.45, 2.75) is 57.3 Å². The minimum absolute atomic E-state index is 0.187. The molecule has 1 rings (SSSR count). The van der Waals surface area contributed by atoms with Crippen LogP contribution in [-0.4, -0.2) is 36.5 Å². The van der Waals surface area contributed by atoms with Crippen molar-refractivity contribution in [2.24, 2.45) is 0 Å². The summed E-state index contributed by atoms with van der Waals surface area (Å²) in [5.74, 6) is 0. The molecule has 1 saturated heterocycles. The van der Waals surface area contributed by atoms with E-state index < -0.39 is 11.7 Å². The molecule has 2 N–H and O–H groups in total. The highest BCUT2D eigenvalue weighted by atomic mass is 16.5. The predicted molar refractivity (Wildman–Crippen MR) is 57.4 cm³/mol. The van der Waals surface area contributed by atoms with Gasteiger partial charge in [0.2, 0.25) is 0 Å². The number of aliphatic hydroxyl groups is 1. The second-order valence-corrected chi connectivity index (χ2v) is 4.66. The summed E-state index contributed by atoms with van der Waals surface area (Å²) >= 11 is 0. The molecule has 3 heteroatoms. The lowest BCUT2D eigenvalue weighted by atomic mass is 9.92. The van der Waals surface area contributed by atoms with E-state index in [0.29, 0.717) is 0 Å². The van der Waals surface area contributed by atoms with Crippen LogP contribution in [0.4, 0.5) is 0 Å². The van der Waals surface area contributed by atoms with Crippen molar-refractivity contribution in [1.29, 1.82) is 0 Å². The fraction of sp³-hybridized carbons (Fsp3) is 1.00. The van der Waals surface area contributed by atoms with Crippen LogP contribution in [0.2, 0.25) is 0 Å². The Morgan fingerprint density at radius 1 is 1.36 bits per heavy atom. The minimum Gasteiger partial charge on any atom is -0.389 e. The molecule has 1 aliphatic heterocycles. The largest absolute Gasteiger partial charge is 0.389 e. The van der Waals surface area contributed by atoms with Crippen molar-refractivity contribution < 1.29 is 9.84 Å². The molecule has 0 amide bonds. The molecule has 3 nitrogen and oxygen atoms in total. The quantitative estimate of drug-likeness (QED) is 0.723. The lowest BCUT2D eigenvalue weighted by Crippen LogP contribution is -2.51. The minimum atomic E-state index is -0.456. The fourth-order valence-electron chi connectivity index (χ4n) is 1.93. The summed E-state index contributed by atoms with van der Waals surface area (Å²) in [4.78, 5) is 0. The van der Waals surface area contributed by atoms with Crippen LogP contribution in [0.3, 0.4) is 0 Å². The Bertz CT molecular complexity index is 163. The zero-order chi connectivity index (χ0) is 10.6. The van der Waals surface area contributed by atoms with E-state index in [1.165, 1.54) is 19.3 Å². The van der Waals surface area contributed by atoms with Crippen molar-refractivity contribution in [3.8, 4) is 0 Å². The summed E-state index contributed by atoms with van der Waals surface area (Å²) in [7, 11) is 1.65. The third-order valence-corrected chi connectivity index (χ3v) is 3.22. The first-order valence-corrected chi connectivity index (χ1v) is 5.54. The first-order chi connectivity index (χ1) is 6.58. The molecule has 14 heavy (non-hydrogen) atoms. The van der Waals surface area contributed by atoms with Crippen LogP contribution in [0.5, 0.6) is 0 Å². The molecule has 0 aromatic rings. The highest BCUT2D eigenvalue weighted by Gasteiger charge is 2.34. The van der Waals surface area contributed by atoms with Gasteiger partial charge in [-0.2, -0.15) is 0 Å². The van der Waals surface area contributed by atoms with Gasteiger partial charge in [0, 0.05) is 13.2 Å². The molecule has 84 valence electrons. The van der Waals surface area contributed by atoms with Crippen LogP contribution >= 0.6 is 0 Å². The average molecular weight is 201 g/mol. The predicted octanol–water partition coefficient (Wildman–Crippen LogP) is 1.30. The Morgan fingerprint density at radius 2 is 2.07 bits per heavy atom. The maximum atomic E-state index is 10.1. The third kappa shape index (κ3) is 2.94. The lowest BCUT2D eigenvalue weighted by Gasteiger charge is -2.34. The summed E-state index contributed by atoms with van der Waals surface area (Å²) in [6.45, 7) is 4.88. The van der Waals surface area contributed by atoms with Gasteiger partial charge in [-0.05, 0) is 33.2 Å². The zero-order valence-electron chi connectivity index (χ0n) is 9.55. The molecule has 0 saturated carbocycles. The number of ether oxygens (including phenoxy) is 1. The number of hydrogen-bond acceptors (Lipinski definition) is 3. The molecule has 0 aromatic carbocycles. The summed E-state index contributed by atoms with van der Waals surface area (Å²) in [6.07, 6.45) is 4.31. The van der Waals surface area contributed by atoms with Crippen molar-refractivity contribution in [3.63, 3.8) is 0 Å². The highest BCUT2D eigenvalue weighted by molar-refractivity contribution is 4.89.